The molecule has 2 aliphatic rings. The zero-order valence-corrected chi connectivity index (χ0v) is 23.1. The van der Waals surface area contributed by atoms with Crippen molar-refractivity contribution in [1.29, 1.82) is 0 Å². The molecule has 1 aromatic heterocycles. The highest BCUT2D eigenvalue weighted by molar-refractivity contribution is 8.09. The van der Waals surface area contributed by atoms with Crippen LogP contribution in [0.1, 0.15) is 47.2 Å². The van der Waals surface area contributed by atoms with Gasteiger partial charge in [-0.05, 0) is 31.5 Å². The highest BCUT2D eigenvalue weighted by Crippen LogP contribution is 2.31. The topological polar surface area (TPSA) is 159 Å². The molecule has 1 unspecified atom stereocenters. The van der Waals surface area contributed by atoms with Crippen LogP contribution in [0.15, 0.2) is 24.3 Å². The molecule has 2 N–H and O–H groups in total. The van der Waals surface area contributed by atoms with Crippen LogP contribution in [0.2, 0.25) is 0 Å². The number of halogens is 3. The van der Waals surface area contributed by atoms with E-state index in [2.05, 4.69) is 17.3 Å². The minimum absolute atomic E-state index is 0.0180. The number of hydrogen-bond acceptors (Lipinski definition) is 8. The summed E-state index contributed by atoms with van der Waals surface area (Å²) in [5.74, 6) is -2.89. The van der Waals surface area contributed by atoms with Gasteiger partial charge in [0.05, 0.1) is 36.5 Å². The van der Waals surface area contributed by atoms with Crippen LogP contribution in [-0.4, -0.2) is 79.8 Å². The molecule has 1 amide bonds. The van der Waals surface area contributed by atoms with E-state index in [4.69, 9.17) is 9.90 Å². The lowest BCUT2D eigenvalue weighted by Gasteiger charge is -2.34. The molecule has 0 radical (unpaired) electrons. The Balaban J connectivity index is 0.000000532. The van der Waals surface area contributed by atoms with E-state index in [1.165, 1.54) is 12.1 Å². The van der Waals surface area contributed by atoms with Crippen molar-refractivity contribution in [3.63, 3.8) is 0 Å². The maximum absolute atomic E-state index is 13.4. The van der Waals surface area contributed by atoms with Crippen LogP contribution in [0, 0.1) is 0 Å². The first-order valence-corrected chi connectivity index (χ1v) is 15.3. The number of nitrogens with zero attached hydrogens (tertiary/aromatic N) is 4. The van der Waals surface area contributed by atoms with Crippen molar-refractivity contribution in [2.24, 2.45) is 0 Å². The number of anilines is 1. The SMILES string of the molecule is CC(c1cccc(N(S(C)(=O)=O)S(C)(=O)=O)c1)N1CCn2nc3c(c2C1=O)CN[C@H](C)C3.O=C(O)C(F)(F)F. The van der Waals surface area contributed by atoms with Crippen LogP contribution in [0.25, 0.3) is 0 Å². The first kappa shape index (κ1) is 30.4. The molecule has 4 rings (SSSR count). The Bertz CT molecular complexity index is 1460. The van der Waals surface area contributed by atoms with Gasteiger partial charge >= 0.3 is 12.1 Å². The van der Waals surface area contributed by atoms with E-state index < -0.39 is 38.2 Å². The van der Waals surface area contributed by atoms with Gasteiger partial charge in [-0.3, -0.25) is 9.48 Å². The second-order valence-electron chi connectivity index (χ2n) is 9.28. The number of nitrogens with one attached hydrogen (secondary N) is 1. The first-order valence-electron chi connectivity index (χ1n) is 11.6. The van der Waals surface area contributed by atoms with Gasteiger partial charge in [0.2, 0.25) is 20.0 Å². The van der Waals surface area contributed by atoms with Crippen LogP contribution >= 0.6 is 0 Å². The number of carbonyl (C=O) groups excluding carboxylic acids is 1. The largest absolute Gasteiger partial charge is 0.490 e. The molecule has 1 aromatic carbocycles. The normalized spacial score (nSPS) is 18.4. The summed E-state index contributed by atoms with van der Waals surface area (Å²) in [7, 11) is -8.11. The molecule has 0 fully saturated rings. The number of amides is 1. The number of fused-ring (bicyclic) bond motifs is 3. The average Bonchev–Trinajstić information content (AvgIpc) is 3.15. The van der Waals surface area contributed by atoms with Crippen molar-refractivity contribution in [2.45, 2.75) is 51.6 Å². The molecule has 2 atom stereocenters. The quantitative estimate of drug-likeness (QED) is 0.522. The van der Waals surface area contributed by atoms with Gasteiger partial charge in [0, 0.05) is 31.1 Å². The molecule has 17 heteroatoms. The summed E-state index contributed by atoms with van der Waals surface area (Å²) < 4.78 is 82.5. The number of carboxylic acid groups (broad SMARTS) is 1. The zero-order valence-electron chi connectivity index (χ0n) is 21.4. The van der Waals surface area contributed by atoms with Crippen LogP contribution in [0.4, 0.5) is 18.9 Å². The van der Waals surface area contributed by atoms with Gasteiger partial charge < -0.3 is 15.3 Å². The number of alkyl halides is 3. The van der Waals surface area contributed by atoms with E-state index in [1.54, 1.807) is 21.7 Å². The summed E-state index contributed by atoms with van der Waals surface area (Å²) in [6.45, 7) is 5.53. The van der Waals surface area contributed by atoms with Crippen LogP contribution in [0.5, 0.6) is 0 Å². The number of aromatic nitrogens is 2. The minimum atomic E-state index is -5.08. The summed E-state index contributed by atoms with van der Waals surface area (Å²) in [4.78, 5) is 24.0. The number of benzene rings is 1. The smallest absolute Gasteiger partial charge is 0.475 e. The third kappa shape index (κ3) is 6.70. The Hall–Kier alpha value is -3.18. The molecule has 0 bridgehead atoms. The molecule has 12 nitrogen and oxygen atoms in total. The standard InChI is InChI=1S/C20H27N5O5S2.C2HF3O2/c1-13-10-18-17(12-21-13)19-20(26)23(8-9-24(19)22-18)14(2)15-6-5-7-16(11-15)25(31(3,27)28)32(4,29)30;3-2(4,5)1(6)7/h5-7,11,13-14,21H,8-10,12H2,1-4H3;(H,6,7)/t13-,14?;/m1./s1. The summed E-state index contributed by atoms with van der Waals surface area (Å²) in [5.41, 5.74) is 3.13. The monoisotopic (exact) mass is 595 g/mol. The maximum atomic E-state index is 13.4. The van der Waals surface area contributed by atoms with Crippen molar-refractivity contribution in [2.75, 3.05) is 22.8 Å². The Morgan fingerprint density at radius 2 is 1.77 bits per heavy atom. The molecular formula is C22H28F3N5O7S2. The second-order valence-corrected chi connectivity index (χ2v) is 13.2. The Labute approximate surface area is 223 Å². The lowest BCUT2D eigenvalue weighted by atomic mass is 10.00. The number of carbonyl (C=O) groups is 2. The molecule has 0 spiro atoms. The lowest BCUT2D eigenvalue weighted by molar-refractivity contribution is -0.192. The first-order chi connectivity index (χ1) is 17.8. The van der Waals surface area contributed by atoms with Crippen molar-refractivity contribution >= 4 is 37.6 Å². The van der Waals surface area contributed by atoms with Crippen LogP contribution < -0.4 is 9.03 Å². The van der Waals surface area contributed by atoms with Gasteiger partial charge in [0.25, 0.3) is 5.91 Å². The van der Waals surface area contributed by atoms with Crippen molar-refractivity contribution < 1.29 is 44.7 Å². The van der Waals surface area contributed by atoms with Crippen molar-refractivity contribution in [3.8, 4) is 0 Å². The van der Waals surface area contributed by atoms with Gasteiger partial charge in [-0.15, -0.1) is 0 Å². The van der Waals surface area contributed by atoms with Gasteiger partial charge in [-0.1, -0.05) is 12.1 Å². The maximum Gasteiger partial charge on any atom is 0.490 e. The van der Waals surface area contributed by atoms with Crippen molar-refractivity contribution in [1.82, 2.24) is 20.0 Å². The van der Waals surface area contributed by atoms with E-state index in [0.717, 1.165) is 30.2 Å². The summed E-state index contributed by atoms with van der Waals surface area (Å²) in [6, 6.07) is 6.20. The van der Waals surface area contributed by atoms with E-state index in [9.17, 15) is 34.8 Å². The minimum Gasteiger partial charge on any atom is -0.475 e. The van der Waals surface area contributed by atoms with E-state index in [0.29, 0.717) is 40.6 Å². The number of rotatable bonds is 5. The van der Waals surface area contributed by atoms with Crippen LogP contribution in [0.3, 0.4) is 0 Å². The molecule has 2 aliphatic heterocycles. The Kier molecular flexibility index (Phi) is 8.38. The summed E-state index contributed by atoms with van der Waals surface area (Å²) >= 11 is 0. The molecule has 0 aliphatic carbocycles. The molecule has 0 saturated carbocycles. The van der Waals surface area contributed by atoms with Gasteiger partial charge in [-0.2, -0.15) is 22.0 Å². The number of aliphatic carboxylic acids is 1. The van der Waals surface area contributed by atoms with E-state index in [-0.39, 0.29) is 11.6 Å². The molecule has 0 saturated heterocycles. The van der Waals surface area contributed by atoms with E-state index in [1.807, 2.05) is 6.92 Å². The van der Waals surface area contributed by atoms with E-state index >= 15 is 0 Å². The molecule has 2 aromatic rings. The average molecular weight is 596 g/mol. The fourth-order valence-corrected chi connectivity index (χ4v) is 7.42. The number of carboxylic acids is 1. The lowest BCUT2D eigenvalue weighted by Crippen LogP contribution is -2.43. The highest BCUT2D eigenvalue weighted by atomic mass is 32.3. The number of hydrogen-bond donors (Lipinski definition) is 2. The Morgan fingerprint density at radius 1 is 1.18 bits per heavy atom. The van der Waals surface area contributed by atoms with Gasteiger partial charge in [0.15, 0.2) is 0 Å². The summed E-state index contributed by atoms with van der Waals surface area (Å²) in [5, 5.41) is 15.1. The van der Waals surface area contributed by atoms with Crippen LogP contribution in [-0.2, 0) is 44.4 Å². The third-order valence-corrected chi connectivity index (χ3v) is 9.40. The predicted molar refractivity (Wildman–Crippen MR) is 134 cm³/mol. The molecule has 216 valence electrons. The van der Waals surface area contributed by atoms with Crippen molar-refractivity contribution in [3.05, 3.63) is 46.8 Å². The second kappa shape index (κ2) is 10.8. The number of sulfonamides is 2. The summed E-state index contributed by atoms with van der Waals surface area (Å²) in [6.07, 6.45) is -2.62. The molecule has 39 heavy (non-hydrogen) atoms. The molecular weight excluding hydrogens is 567 g/mol. The Morgan fingerprint density at radius 3 is 2.31 bits per heavy atom. The highest BCUT2D eigenvalue weighted by Gasteiger charge is 2.38. The fourth-order valence-electron chi connectivity index (χ4n) is 4.45. The molecule has 3 heterocycles. The fraction of sp³-hybridized carbons (Fsp3) is 0.500. The third-order valence-electron chi connectivity index (χ3n) is 6.15. The predicted octanol–water partition coefficient (Wildman–Crippen LogP) is 1.49. The van der Waals surface area contributed by atoms with Gasteiger partial charge in [0.1, 0.15) is 5.69 Å². The van der Waals surface area contributed by atoms with Gasteiger partial charge in [-0.25, -0.2) is 21.6 Å². The zero-order chi connectivity index (χ0) is 29.5.